The van der Waals surface area contributed by atoms with E-state index in [2.05, 4.69) is 11.8 Å². The molecule has 0 spiro atoms. The van der Waals surface area contributed by atoms with Crippen LogP contribution in [-0.2, 0) is 11.3 Å². The Labute approximate surface area is 134 Å². The Morgan fingerprint density at radius 2 is 1.90 bits per heavy atom. The van der Waals surface area contributed by atoms with E-state index >= 15 is 0 Å². The Balaban J connectivity index is 1.95. The molecular weight excluding hydrogens is 305 g/mol. The topological polar surface area (TPSA) is 20.3 Å². The highest BCUT2D eigenvalue weighted by molar-refractivity contribution is 6.31. The maximum atomic E-state index is 11.6. The molecule has 1 aliphatic heterocycles. The van der Waals surface area contributed by atoms with Crippen molar-refractivity contribution in [2.24, 2.45) is 0 Å². The number of halogens is 2. The van der Waals surface area contributed by atoms with Crippen molar-refractivity contribution >= 4 is 29.5 Å². The van der Waals surface area contributed by atoms with E-state index in [9.17, 15) is 4.79 Å². The Hall–Kier alpha value is -1.35. The maximum absolute atomic E-state index is 11.6. The molecule has 108 valence electrons. The third-order valence-electron chi connectivity index (χ3n) is 4.13. The predicted molar refractivity (Wildman–Crippen MR) is 85.7 cm³/mol. The zero-order valence-electron chi connectivity index (χ0n) is 11.6. The lowest BCUT2D eigenvalue weighted by molar-refractivity contribution is -0.113. The number of carbonyl (C=O) groups excluding carboxylic acids is 1. The van der Waals surface area contributed by atoms with Gasteiger partial charge in [0.2, 0.25) is 0 Å². The zero-order valence-corrected chi connectivity index (χ0v) is 13.1. The van der Waals surface area contributed by atoms with Crippen molar-refractivity contribution in [3.8, 4) is 0 Å². The minimum Gasteiger partial charge on any atom is -0.301 e. The first-order valence-electron chi connectivity index (χ1n) is 6.85. The smallest absolute Gasteiger partial charge is 0.141 e. The summed E-state index contributed by atoms with van der Waals surface area (Å²) in [5, 5.41) is 1.38. The maximum Gasteiger partial charge on any atom is 0.141 e. The molecule has 1 aliphatic rings. The van der Waals surface area contributed by atoms with Gasteiger partial charge in [-0.25, -0.2) is 0 Å². The first-order chi connectivity index (χ1) is 10.1. The summed E-state index contributed by atoms with van der Waals surface area (Å²) >= 11 is 12.2. The van der Waals surface area contributed by atoms with Crippen LogP contribution in [-0.4, -0.2) is 11.2 Å². The largest absolute Gasteiger partial charge is 0.301 e. The number of fused-ring (bicyclic) bond motifs is 1. The Morgan fingerprint density at radius 1 is 1.19 bits per heavy atom. The van der Waals surface area contributed by atoms with Gasteiger partial charge in [0, 0.05) is 22.6 Å². The van der Waals surface area contributed by atoms with Gasteiger partial charge in [0.1, 0.15) is 6.29 Å². The third-order valence-corrected chi connectivity index (χ3v) is 4.71. The molecule has 0 amide bonds. The molecule has 21 heavy (non-hydrogen) atoms. The summed E-state index contributed by atoms with van der Waals surface area (Å²) in [6.07, 6.45) is 0.976. The van der Waals surface area contributed by atoms with Crippen LogP contribution < -0.4 is 0 Å². The highest BCUT2D eigenvalue weighted by atomic mass is 35.5. The number of rotatable bonds is 3. The number of aldehydes is 1. The summed E-state index contributed by atoms with van der Waals surface area (Å²) in [5.74, 6) is 0. The molecule has 0 N–H and O–H groups in total. The fraction of sp³-hybridized carbons (Fsp3) is 0.235. The third kappa shape index (κ3) is 2.59. The van der Waals surface area contributed by atoms with E-state index in [4.69, 9.17) is 23.2 Å². The summed E-state index contributed by atoms with van der Waals surface area (Å²) < 4.78 is 0. The van der Waals surface area contributed by atoms with Crippen LogP contribution in [0.4, 0.5) is 0 Å². The van der Waals surface area contributed by atoms with Crippen molar-refractivity contribution in [1.29, 1.82) is 0 Å². The molecule has 0 aliphatic carbocycles. The van der Waals surface area contributed by atoms with Gasteiger partial charge in [-0.05, 0) is 41.8 Å². The summed E-state index contributed by atoms with van der Waals surface area (Å²) in [4.78, 5) is 13.8. The Morgan fingerprint density at radius 3 is 2.57 bits per heavy atom. The van der Waals surface area contributed by atoms with Crippen LogP contribution in [0.5, 0.6) is 0 Å². The fourth-order valence-electron chi connectivity index (χ4n) is 2.97. The molecule has 0 aromatic heterocycles. The van der Waals surface area contributed by atoms with Crippen molar-refractivity contribution in [2.45, 2.75) is 25.6 Å². The summed E-state index contributed by atoms with van der Waals surface area (Å²) in [6.45, 7) is 2.82. The average Bonchev–Trinajstić information content (AvgIpc) is 2.87. The van der Waals surface area contributed by atoms with Crippen molar-refractivity contribution in [3.05, 3.63) is 69.2 Å². The number of carbonyl (C=O) groups is 1. The summed E-state index contributed by atoms with van der Waals surface area (Å²) in [5.41, 5.74) is 3.20. The highest BCUT2D eigenvalue weighted by Gasteiger charge is 2.34. The van der Waals surface area contributed by atoms with Crippen molar-refractivity contribution in [2.75, 3.05) is 0 Å². The van der Waals surface area contributed by atoms with Crippen LogP contribution in [0.15, 0.2) is 42.5 Å². The van der Waals surface area contributed by atoms with E-state index in [0.717, 1.165) is 29.5 Å². The van der Waals surface area contributed by atoms with Gasteiger partial charge in [0.25, 0.3) is 0 Å². The van der Waals surface area contributed by atoms with E-state index in [1.807, 2.05) is 42.5 Å². The van der Waals surface area contributed by atoms with Gasteiger partial charge in [-0.2, -0.15) is 0 Å². The molecule has 2 aromatic carbocycles. The van der Waals surface area contributed by atoms with Crippen LogP contribution in [0.25, 0.3) is 0 Å². The van der Waals surface area contributed by atoms with Gasteiger partial charge in [0.15, 0.2) is 0 Å². The number of nitrogens with zero attached hydrogens (tertiary/aromatic N) is 1. The Kier molecular flexibility index (Phi) is 4.03. The molecule has 0 fully saturated rings. The number of benzene rings is 2. The first-order valence-corrected chi connectivity index (χ1v) is 7.61. The van der Waals surface area contributed by atoms with Crippen LogP contribution in [0.1, 0.15) is 35.7 Å². The van der Waals surface area contributed by atoms with Gasteiger partial charge in [-0.1, -0.05) is 47.5 Å². The first kappa shape index (κ1) is 14.6. The average molecular weight is 320 g/mol. The van der Waals surface area contributed by atoms with E-state index in [1.165, 1.54) is 0 Å². The Bertz CT molecular complexity index is 669. The van der Waals surface area contributed by atoms with Crippen LogP contribution in [0, 0.1) is 0 Å². The van der Waals surface area contributed by atoms with Crippen LogP contribution in [0.2, 0.25) is 10.0 Å². The molecule has 0 radical (unpaired) electrons. The molecular formula is C17H15Cl2NO. The van der Waals surface area contributed by atoms with Gasteiger partial charge < -0.3 is 4.79 Å². The quantitative estimate of drug-likeness (QED) is 0.756. The molecule has 1 unspecified atom stereocenters. The van der Waals surface area contributed by atoms with Crippen LogP contribution >= 0.6 is 23.2 Å². The lowest BCUT2D eigenvalue weighted by atomic mass is 10.0. The van der Waals surface area contributed by atoms with E-state index in [-0.39, 0.29) is 12.1 Å². The van der Waals surface area contributed by atoms with Gasteiger partial charge in [0.05, 0.1) is 6.04 Å². The monoisotopic (exact) mass is 319 g/mol. The molecule has 0 saturated carbocycles. The standard InChI is InChI=1S/C17H15Cl2NO/c1-11(12-5-7-14(18)8-6-12)20-9-13-3-2-4-15(19)17(13)16(20)10-21/h2-8,10-11,16H,9H2,1H3/t11?,16-/m0/s1. The van der Waals surface area contributed by atoms with E-state index < -0.39 is 0 Å². The molecule has 3 rings (SSSR count). The second-order valence-corrected chi connectivity index (χ2v) is 6.14. The zero-order chi connectivity index (χ0) is 15.0. The molecule has 2 nitrogen and oxygen atoms in total. The number of hydrogen-bond donors (Lipinski definition) is 0. The molecule has 0 bridgehead atoms. The summed E-state index contributed by atoms with van der Waals surface area (Å²) in [6, 6.07) is 13.4. The highest BCUT2D eigenvalue weighted by Crippen LogP contribution is 2.41. The lowest BCUT2D eigenvalue weighted by Crippen LogP contribution is -2.26. The minimum absolute atomic E-state index is 0.112. The van der Waals surface area contributed by atoms with E-state index in [0.29, 0.717) is 10.0 Å². The van der Waals surface area contributed by atoms with Crippen molar-refractivity contribution in [1.82, 2.24) is 4.90 Å². The van der Waals surface area contributed by atoms with E-state index in [1.54, 1.807) is 0 Å². The van der Waals surface area contributed by atoms with Crippen molar-refractivity contribution in [3.63, 3.8) is 0 Å². The second kappa shape index (κ2) is 5.80. The molecule has 0 saturated heterocycles. The normalized spacial score (nSPS) is 19.3. The van der Waals surface area contributed by atoms with Gasteiger partial charge in [-0.3, -0.25) is 4.90 Å². The molecule has 4 heteroatoms. The lowest BCUT2D eigenvalue weighted by Gasteiger charge is -2.28. The second-order valence-electron chi connectivity index (χ2n) is 5.29. The molecule has 2 aromatic rings. The fourth-order valence-corrected chi connectivity index (χ4v) is 3.40. The minimum atomic E-state index is -0.292. The molecule has 2 atom stereocenters. The van der Waals surface area contributed by atoms with Crippen LogP contribution in [0.3, 0.4) is 0 Å². The van der Waals surface area contributed by atoms with Gasteiger partial charge in [-0.15, -0.1) is 0 Å². The predicted octanol–water partition coefficient (Wildman–Crippen LogP) is 4.81. The van der Waals surface area contributed by atoms with Crippen molar-refractivity contribution < 1.29 is 4.79 Å². The SMILES string of the molecule is CC(c1ccc(Cl)cc1)N1Cc2cccc(Cl)c2[C@@H]1C=O. The molecule has 1 heterocycles. The number of hydrogen-bond acceptors (Lipinski definition) is 2. The summed E-state index contributed by atoms with van der Waals surface area (Å²) in [7, 11) is 0. The van der Waals surface area contributed by atoms with Gasteiger partial charge >= 0.3 is 0 Å².